The summed E-state index contributed by atoms with van der Waals surface area (Å²) in [5.41, 5.74) is 1.32. The average molecular weight is 262 g/mol. The van der Waals surface area contributed by atoms with Crippen molar-refractivity contribution in [2.45, 2.75) is 6.92 Å². The highest BCUT2D eigenvalue weighted by molar-refractivity contribution is 5.30. The highest BCUT2D eigenvalue weighted by Crippen LogP contribution is 2.19. The zero-order chi connectivity index (χ0) is 14.0. The van der Waals surface area contributed by atoms with Crippen LogP contribution in [0, 0.1) is 6.92 Å². The quantitative estimate of drug-likeness (QED) is 0.594. The zero-order valence-electron chi connectivity index (χ0n) is 11.6. The molecular formula is C19H18O. The van der Waals surface area contributed by atoms with E-state index in [4.69, 9.17) is 4.74 Å². The highest BCUT2D eigenvalue weighted by atomic mass is 16.5. The zero-order valence-corrected chi connectivity index (χ0v) is 11.6. The van der Waals surface area contributed by atoms with Crippen LogP contribution in [0.15, 0.2) is 91.0 Å². The van der Waals surface area contributed by atoms with Crippen molar-refractivity contribution >= 4 is 0 Å². The molecule has 0 unspecified atom stereocenters. The van der Waals surface area contributed by atoms with Gasteiger partial charge in [-0.05, 0) is 31.2 Å². The highest BCUT2D eigenvalue weighted by Gasteiger charge is 1.92. The molecule has 0 aliphatic heterocycles. The van der Waals surface area contributed by atoms with Gasteiger partial charge < -0.3 is 4.74 Å². The summed E-state index contributed by atoms with van der Waals surface area (Å²) in [6.45, 7) is 2.08. The normalized spacial score (nSPS) is 9.25. The number of para-hydroxylation sites is 2. The van der Waals surface area contributed by atoms with Gasteiger partial charge in [-0.1, -0.05) is 72.3 Å². The molecule has 3 rings (SSSR count). The van der Waals surface area contributed by atoms with Crippen molar-refractivity contribution in [1.29, 1.82) is 0 Å². The molecule has 20 heavy (non-hydrogen) atoms. The van der Waals surface area contributed by atoms with Crippen molar-refractivity contribution in [2.75, 3.05) is 0 Å². The summed E-state index contributed by atoms with van der Waals surface area (Å²) in [4.78, 5) is 0. The van der Waals surface area contributed by atoms with Gasteiger partial charge in [0.2, 0.25) is 0 Å². The van der Waals surface area contributed by atoms with Crippen molar-refractivity contribution in [3.05, 3.63) is 96.6 Å². The molecule has 1 heteroatoms. The fourth-order valence-corrected chi connectivity index (χ4v) is 1.65. The van der Waals surface area contributed by atoms with Crippen molar-refractivity contribution < 1.29 is 4.74 Å². The maximum absolute atomic E-state index is 5.58. The van der Waals surface area contributed by atoms with E-state index in [1.807, 2.05) is 78.9 Å². The van der Waals surface area contributed by atoms with Gasteiger partial charge in [0.25, 0.3) is 0 Å². The minimum Gasteiger partial charge on any atom is -0.457 e. The van der Waals surface area contributed by atoms with E-state index in [9.17, 15) is 0 Å². The van der Waals surface area contributed by atoms with Gasteiger partial charge in [0.1, 0.15) is 11.5 Å². The predicted molar refractivity (Wildman–Crippen MR) is 84.1 cm³/mol. The van der Waals surface area contributed by atoms with E-state index in [-0.39, 0.29) is 0 Å². The fourth-order valence-electron chi connectivity index (χ4n) is 1.65. The number of benzene rings is 3. The van der Waals surface area contributed by atoms with E-state index in [0.717, 1.165) is 11.5 Å². The van der Waals surface area contributed by atoms with Crippen LogP contribution in [-0.4, -0.2) is 0 Å². The van der Waals surface area contributed by atoms with Gasteiger partial charge in [-0.3, -0.25) is 0 Å². The molecule has 0 saturated heterocycles. The largest absolute Gasteiger partial charge is 0.457 e. The molecule has 0 spiro atoms. The van der Waals surface area contributed by atoms with Gasteiger partial charge in [0.05, 0.1) is 0 Å². The van der Waals surface area contributed by atoms with Crippen LogP contribution in [0.4, 0.5) is 0 Å². The third-order valence-corrected chi connectivity index (χ3v) is 2.66. The third kappa shape index (κ3) is 4.99. The molecule has 0 aliphatic carbocycles. The molecule has 3 aromatic rings. The van der Waals surface area contributed by atoms with Crippen molar-refractivity contribution in [1.82, 2.24) is 0 Å². The number of ether oxygens (including phenoxy) is 1. The molecule has 0 saturated carbocycles. The second-order valence-corrected chi connectivity index (χ2v) is 4.38. The number of hydrogen-bond acceptors (Lipinski definition) is 1. The third-order valence-electron chi connectivity index (χ3n) is 2.66. The lowest BCUT2D eigenvalue weighted by Crippen LogP contribution is -1.81. The standard InChI is InChI=1S/C12H10O.C7H8/c1-3-7-11(8-4-1)13-12-9-5-2-6-10-12;1-7-5-3-2-4-6-7/h1-10H;2-6H,1H3. The van der Waals surface area contributed by atoms with Gasteiger partial charge >= 0.3 is 0 Å². The average Bonchev–Trinajstić information content (AvgIpc) is 2.51. The molecule has 3 aromatic carbocycles. The summed E-state index contributed by atoms with van der Waals surface area (Å²) in [5.74, 6) is 1.74. The maximum Gasteiger partial charge on any atom is 0.127 e. The first kappa shape index (κ1) is 13.9. The second kappa shape index (κ2) is 7.80. The van der Waals surface area contributed by atoms with Crippen LogP contribution in [0.5, 0.6) is 11.5 Å². The van der Waals surface area contributed by atoms with Crippen LogP contribution >= 0.6 is 0 Å². The fraction of sp³-hybridized carbons (Fsp3) is 0.0526. The topological polar surface area (TPSA) is 9.23 Å². The van der Waals surface area contributed by atoms with E-state index >= 15 is 0 Å². The molecular weight excluding hydrogens is 244 g/mol. The van der Waals surface area contributed by atoms with E-state index in [1.165, 1.54) is 5.56 Å². The molecule has 100 valence electrons. The Balaban J connectivity index is 0.000000178. The Labute approximate surface area is 120 Å². The maximum atomic E-state index is 5.58. The van der Waals surface area contributed by atoms with E-state index in [2.05, 4.69) is 19.1 Å². The van der Waals surface area contributed by atoms with Crippen LogP contribution in [-0.2, 0) is 0 Å². The Hall–Kier alpha value is -2.54. The van der Waals surface area contributed by atoms with E-state index in [0.29, 0.717) is 0 Å². The van der Waals surface area contributed by atoms with Crippen molar-refractivity contribution in [3.8, 4) is 11.5 Å². The Morgan fingerprint density at radius 2 is 0.850 bits per heavy atom. The second-order valence-electron chi connectivity index (χ2n) is 4.38. The summed E-state index contributed by atoms with van der Waals surface area (Å²) >= 11 is 0. The summed E-state index contributed by atoms with van der Waals surface area (Å²) in [6, 6.07) is 29.8. The smallest absolute Gasteiger partial charge is 0.127 e. The van der Waals surface area contributed by atoms with Crippen molar-refractivity contribution in [2.24, 2.45) is 0 Å². The Morgan fingerprint density at radius 1 is 0.500 bits per heavy atom. The SMILES string of the molecule is Cc1ccccc1.c1ccc(Oc2ccccc2)cc1. The number of hydrogen-bond donors (Lipinski definition) is 0. The monoisotopic (exact) mass is 262 g/mol. The molecule has 0 aromatic heterocycles. The van der Waals surface area contributed by atoms with Gasteiger partial charge in [0, 0.05) is 0 Å². The van der Waals surface area contributed by atoms with Gasteiger partial charge in [-0.25, -0.2) is 0 Å². The molecule has 0 aliphatic rings. The van der Waals surface area contributed by atoms with Crippen LogP contribution in [0.2, 0.25) is 0 Å². The van der Waals surface area contributed by atoms with Crippen LogP contribution in [0.25, 0.3) is 0 Å². The van der Waals surface area contributed by atoms with Gasteiger partial charge in [-0.2, -0.15) is 0 Å². The first-order chi connectivity index (χ1) is 9.84. The molecule has 0 bridgehead atoms. The lowest BCUT2D eigenvalue weighted by Gasteiger charge is -2.03. The van der Waals surface area contributed by atoms with E-state index in [1.54, 1.807) is 0 Å². The molecule has 0 fully saturated rings. The van der Waals surface area contributed by atoms with E-state index < -0.39 is 0 Å². The summed E-state index contributed by atoms with van der Waals surface area (Å²) in [6.07, 6.45) is 0. The van der Waals surface area contributed by atoms with Crippen LogP contribution < -0.4 is 4.74 Å². The number of aryl methyl sites for hydroxylation is 1. The number of rotatable bonds is 2. The lowest BCUT2D eigenvalue weighted by atomic mass is 10.2. The summed E-state index contributed by atoms with van der Waals surface area (Å²) in [5, 5.41) is 0. The van der Waals surface area contributed by atoms with Gasteiger partial charge in [-0.15, -0.1) is 0 Å². The Bertz CT molecular complexity index is 551. The van der Waals surface area contributed by atoms with Gasteiger partial charge in [0.15, 0.2) is 0 Å². The first-order valence-electron chi connectivity index (χ1n) is 6.64. The summed E-state index contributed by atoms with van der Waals surface area (Å²) in [7, 11) is 0. The molecule has 0 amide bonds. The summed E-state index contributed by atoms with van der Waals surface area (Å²) < 4.78 is 5.58. The predicted octanol–water partition coefficient (Wildman–Crippen LogP) is 5.47. The van der Waals surface area contributed by atoms with Crippen LogP contribution in [0.1, 0.15) is 5.56 Å². The minimum atomic E-state index is 0.869. The molecule has 0 radical (unpaired) electrons. The minimum absolute atomic E-state index is 0.869. The lowest BCUT2D eigenvalue weighted by molar-refractivity contribution is 0.482. The van der Waals surface area contributed by atoms with Crippen LogP contribution in [0.3, 0.4) is 0 Å². The molecule has 0 N–H and O–H groups in total. The molecule has 0 heterocycles. The Morgan fingerprint density at radius 3 is 1.15 bits per heavy atom. The molecule has 0 atom stereocenters. The first-order valence-corrected chi connectivity index (χ1v) is 6.64. The van der Waals surface area contributed by atoms with Crippen molar-refractivity contribution in [3.63, 3.8) is 0 Å². The Kier molecular flexibility index (Phi) is 5.41. The molecule has 1 nitrogen and oxygen atoms in total.